The molecule has 0 unspecified atom stereocenters. The second-order valence-corrected chi connectivity index (χ2v) is 6.62. The van der Waals surface area contributed by atoms with Gasteiger partial charge in [0.15, 0.2) is 0 Å². The lowest BCUT2D eigenvalue weighted by Crippen LogP contribution is -2.39. The molecular weight excluding hydrogens is 292 g/mol. The molecule has 0 atom stereocenters. The van der Waals surface area contributed by atoms with E-state index in [1.54, 1.807) is 0 Å². The Morgan fingerprint density at radius 3 is 2.26 bits per heavy atom. The first kappa shape index (κ1) is 19.0. The molecule has 2 amide bonds. The van der Waals surface area contributed by atoms with E-state index in [1.807, 2.05) is 52.0 Å². The Morgan fingerprint density at radius 1 is 1.04 bits per heavy atom. The van der Waals surface area contributed by atoms with E-state index < -0.39 is 5.41 Å². The molecule has 1 aromatic rings. The Labute approximate surface area is 138 Å². The molecule has 0 bridgehead atoms. The van der Waals surface area contributed by atoms with Gasteiger partial charge in [-0.25, -0.2) is 0 Å². The molecule has 0 radical (unpaired) electrons. The molecule has 0 fully saturated rings. The van der Waals surface area contributed by atoms with Crippen LogP contribution in [-0.2, 0) is 9.59 Å². The Hall–Kier alpha value is -2.04. The summed E-state index contributed by atoms with van der Waals surface area (Å²) < 4.78 is 5.57. The van der Waals surface area contributed by atoms with Crippen molar-refractivity contribution < 1.29 is 14.3 Å². The van der Waals surface area contributed by atoms with Gasteiger partial charge in [-0.1, -0.05) is 38.5 Å². The first-order valence-electron chi connectivity index (χ1n) is 8.03. The number of carbonyl (C=O) groups excluding carboxylic acids is 2. The van der Waals surface area contributed by atoms with E-state index in [2.05, 4.69) is 10.6 Å². The number of carbonyl (C=O) groups is 2. The van der Waals surface area contributed by atoms with Crippen molar-refractivity contribution in [2.75, 3.05) is 19.7 Å². The van der Waals surface area contributed by atoms with Gasteiger partial charge in [0, 0.05) is 24.9 Å². The number of aryl methyl sites for hydroxylation is 1. The molecule has 1 aromatic carbocycles. The lowest BCUT2D eigenvalue weighted by Gasteiger charge is -2.17. The van der Waals surface area contributed by atoms with Crippen LogP contribution in [0.5, 0.6) is 5.75 Å². The topological polar surface area (TPSA) is 67.4 Å². The second-order valence-electron chi connectivity index (χ2n) is 6.62. The van der Waals surface area contributed by atoms with E-state index in [1.165, 1.54) is 5.56 Å². The van der Waals surface area contributed by atoms with Crippen LogP contribution in [0.25, 0.3) is 0 Å². The van der Waals surface area contributed by atoms with E-state index in [-0.39, 0.29) is 11.8 Å². The summed E-state index contributed by atoms with van der Waals surface area (Å²) in [5, 5.41) is 5.58. The van der Waals surface area contributed by atoms with Crippen LogP contribution in [0, 0.1) is 12.3 Å². The minimum Gasteiger partial charge on any atom is -0.494 e. The molecule has 5 heteroatoms. The Bertz CT molecular complexity index is 504. The predicted molar refractivity (Wildman–Crippen MR) is 91.4 cm³/mol. The van der Waals surface area contributed by atoms with Crippen molar-refractivity contribution >= 4 is 11.8 Å². The van der Waals surface area contributed by atoms with Crippen molar-refractivity contribution in [2.45, 2.75) is 40.5 Å². The zero-order valence-electron chi connectivity index (χ0n) is 14.6. The molecule has 23 heavy (non-hydrogen) atoms. The average molecular weight is 320 g/mol. The zero-order valence-corrected chi connectivity index (χ0v) is 14.6. The SMILES string of the molecule is Cc1ccc(OCCCC(=O)NCCNC(=O)C(C)(C)C)cc1. The monoisotopic (exact) mass is 320 g/mol. The summed E-state index contributed by atoms with van der Waals surface area (Å²) in [5.41, 5.74) is 0.785. The number of ether oxygens (including phenoxy) is 1. The van der Waals surface area contributed by atoms with E-state index in [4.69, 9.17) is 4.74 Å². The fourth-order valence-corrected chi connectivity index (χ4v) is 1.79. The van der Waals surface area contributed by atoms with Crippen molar-refractivity contribution in [2.24, 2.45) is 5.41 Å². The highest BCUT2D eigenvalue weighted by Gasteiger charge is 2.20. The van der Waals surface area contributed by atoms with Crippen LogP contribution < -0.4 is 15.4 Å². The third kappa shape index (κ3) is 8.24. The summed E-state index contributed by atoms with van der Waals surface area (Å²) in [6, 6.07) is 7.84. The van der Waals surface area contributed by atoms with Crippen LogP contribution in [0.15, 0.2) is 24.3 Å². The Morgan fingerprint density at radius 2 is 1.65 bits per heavy atom. The summed E-state index contributed by atoms with van der Waals surface area (Å²) in [7, 11) is 0. The molecular formula is C18H28N2O3. The fraction of sp³-hybridized carbons (Fsp3) is 0.556. The number of benzene rings is 1. The van der Waals surface area contributed by atoms with Crippen LogP contribution in [-0.4, -0.2) is 31.5 Å². The van der Waals surface area contributed by atoms with Crippen molar-refractivity contribution in [1.82, 2.24) is 10.6 Å². The third-order valence-corrected chi connectivity index (χ3v) is 3.25. The second kappa shape index (κ2) is 9.18. The number of rotatable bonds is 8. The van der Waals surface area contributed by atoms with Gasteiger partial charge in [-0.3, -0.25) is 9.59 Å². The largest absolute Gasteiger partial charge is 0.494 e. The van der Waals surface area contributed by atoms with Crippen molar-refractivity contribution in [3.05, 3.63) is 29.8 Å². The van der Waals surface area contributed by atoms with Gasteiger partial charge in [0.25, 0.3) is 0 Å². The van der Waals surface area contributed by atoms with E-state index >= 15 is 0 Å². The Kier molecular flexibility index (Phi) is 7.59. The van der Waals surface area contributed by atoms with Crippen molar-refractivity contribution in [3.8, 4) is 5.75 Å². The summed E-state index contributed by atoms with van der Waals surface area (Å²) in [5.74, 6) is 0.779. The van der Waals surface area contributed by atoms with Gasteiger partial charge >= 0.3 is 0 Å². The molecule has 0 heterocycles. The lowest BCUT2D eigenvalue weighted by molar-refractivity contribution is -0.128. The van der Waals surface area contributed by atoms with Gasteiger partial charge in [-0.2, -0.15) is 0 Å². The molecule has 0 aliphatic carbocycles. The van der Waals surface area contributed by atoms with Gasteiger partial charge in [-0.05, 0) is 25.5 Å². The van der Waals surface area contributed by atoms with Gasteiger partial charge < -0.3 is 15.4 Å². The van der Waals surface area contributed by atoms with E-state index in [9.17, 15) is 9.59 Å². The standard InChI is InChI=1S/C18H28N2O3/c1-14-7-9-15(10-8-14)23-13-5-6-16(21)19-11-12-20-17(22)18(2,3)4/h7-10H,5-6,11-13H2,1-4H3,(H,19,21)(H,20,22). The zero-order chi connectivity index (χ0) is 17.3. The normalized spacial score (nSPS) is 11.0. The minimum absolute atomic E-state index is 0.0155. The molecule has 0 aliphatic heterocycles. The highest BCUT2D eigenvalue weighted by Crippen LogP contribution is 2.12. The minimum atomic E-state index is -0.405. The van der Waals surface area contributed by atoms with Gasteiger partial charge in [0.05, 0.1) is 6.61 Å². The van der Waals surface area contributed by atoms with Crippen LogP contribution >= 0.6 is 0 Å². The summed E-state index contributed by atoms with van der Waals surface area (Å²) >= 11 is 0. The van der Waals surface area contributed by atoms with Gasteiger partial charge in [0.2, 0.25) is 11.8 Å². The number of hydrogen-bond acceptors (Lipinski definition) is 3. The summed E-state index contributed by atoms with van der Waals surface area (Å²) in [6.07, 6.45) is 1.08. The molecule has 0 saturated carbocycles. The van der Waals surface area contributed by atoms with Gasteiger partial charge in [-0.15, -0.1) is 0 Å². The molecule has 0 aromatic heterocycles. The van der Waals surface area contributed by atoms with Crippen molar-refractivity contribution in [3.63, 3.8) is 0 Å². The quantitative estimate of drug-likeness (QED) is 0.723. The number of hydrogen-bond donors (Lipinski definition) is 2. The average Bonchev–Trinajstić information content (AvgIpc) is 2.48. The van der Waals surface area contributed by atoms with Crippen LogP contribution in [0.2, 0.25) is 0 Å². The highest BCUT2D eigenvalue weighted by atomic mass is 16.5. The first-order valence-corrected chi connectivity index (χ1v) is 8.03. The highest BCUT2D eigenvalue weighted by molar-refractivity contribution is 5.81. The maximum Gasteiger partial charge on any atom is 0.225 e. The maximum atomic E-state index is 11.7. The van der Waals surface area contributed by atoms with Crippen LogP contribution in [0.4, 0.5) is 0 Å². The predicted octanol–water partition coefficient (Wildman–Crippen LogP) is 2.43. The molecule has 2 N–H and O–H groups in total. The first-order chi connectivity index (χ1) is 10.8. The molecule has 0 saturated heterocycles. The smallest absolute Gasteiger partial charge is 0.225 e. The molecule has 0 spiro atoms. The molecule has 128 valence electrons. The van der Waals surface area contributed by atoms with E-state index in [0.29, 0.717) is 32.5 Å². The number of amides is 2. The maximum absolute atomic E-state index is 11.7. The third-order valence-electron chi connectivity index (χ3n) is 3.25. The van der Waals surface area contributed by atoms with E-state index in [0.717, 1.165) is 5.75 Å². The fourth-order valence-electron chi connectivity index (χ4n) is 1.79. The molecule has 1 rings (SSSR count). The summed E-state index contributed by atoms with van der Waals surface area (Å²) in [6.45, 7) is 9.00. The van der Waals surface area contributed by atoms with Gasteiger partial charge in [0.1, 0.15) is 5.75 Å². The number of nitrogens with one attached hydrogen (secondary N) is 2. The van der Waals surface area contributed by atoms with Crippen molar-refractivity contribution in [1.29, 1.82) is 0 Å². The summed E-state index contributed by atoms with van der Waals surface area (Å²) in [4.78, 5) is 23.3. The molecule has 5 nitrogen and oxygen atoms in total. The Balaban J connectivity index is 2.06. The van der Waals surface area contributed by atoms with Crippen LogP contribution in [0.1, 0.15) is 39.2 Å². The lowest BCUT2D eigenvalue weighted by atomic mass is 9.96. The van der Waals surface area contributed by atoms with Crippen LogP contribution in [0.3, 0.4) is 0 Å². The molecule has 0 aliphatic rings.